The van der Waals surface area contributed by atoms with Crippen LogP contribution in [0.5, 0.6) is 5.75 Å². The van der Waals surface area contributed by atoms with Crippen LogP contribution in [-0.2, 0) is 29.5 Å². The predicted octanol–water partition coefficient (Wildman–Crippen LogP) is 0.390. The molecule has 2 aromatic rings. The van der Waals surface area contributed by atoms with Crippen molar-refractivity contribution >= 4 is 25.9 Å². The SMILES string of the molecule is CNS(=O)(=O)c1cccc(OCC(O)CNC2COC3(CCN(S(=O)(=O)c4ccc(NCCOC)nc4)CC3)C2)c1. The molecule has 3 heterocycles. The number of nitrogens with zero attached hydrogens (tertiary/aromatic N) is 2. The van der Waals surface area contributed by atoms with Gasteiger partial charge in [0.15, 0.2) is 0 Å². The topological polar surface area (TPSA) is 168 Å². The number of methoxy groups -OCH3 is 1. The molecule has 41 heavy (non-hydrogen) atoms. The highest BCUT2D eigenvalue weighted by Crippen LogP contribution is 2.37. The summed E-state index contributed by atoms with van der Waals surface area (Å²) in [6, 6.07) is 9.29. The normalized spacial score (nSPS) is 20.2. The number of piperidine rings is 1. The van der Waals surface area contributed by atoms with Gasteiger partial charge in [0.25, 0.3) is 0 Å². The molecular weight excluding hydrogens is 574 g/mol. The minimum Gasteiger partial charge on any atom is -0.491 e. The highest BCUT2D eigenvalue weighted by atomic mass is 32.2. The van der Waals surface area contributed by atoms with Crippen LogP contribution in [0, 0.1) is 0 Å². The van der Waals surface area contributed by atoms with Crippen molar-refractivity contribution in [3.63, 3.8) is 0 Å². The zero-order valence-corrected chi connectivity index (χ0v) is 24.9. The van der Waals surface area contributed by atoms with Gasteiger partial charge in [0.2, 0.25) is 20.0 Å². The fourth-order valence-corrected chi connectivity index (χ4v) is 7.08. The Kier molecular flexibility index (Phi) is 10.6. The van der Waals surface area contributed by atoms with E-state index in [-0.39, 0.29) is 29.0 Å². The largest absolute Gasteiger partial charge is 0.491 e. The number of nitrogens with one attached hydrogen (secondary N) is 3. The summed E-state index contributed by atoms with van der Waals surface area (Å²) in [5.74, 6) is 0.929. The number of sulfonamides is 2. The third-order valence-corrected chi connectivity index (χ3v) is 10.6. The maximum Gasteiger partial charge on any atom is 0.244 e. The number of aliphatic hydroxyl groups is 1. The van der Waals surface area contributed by atoms with Crippen LogP contribution in [-0.4, -0.2) is 109 Å². The number of pyridine rings is 1. The van der Waals surface area contributed by atoms with Gasteiger partial charge in [-0.2, -0.15) is 4.31 Å². The van der Waals surface area contributed by atoms with E-state index in [0.29, 0.717) is 63.7 Å². The molecule has 13 nitrogen and oxygen atoms in total. The Hall–Kier alpha value is -2.37. The van der Waals surface area contributed by atoms with Gasteiger partial charge in [-0.3, -0.25) is 0 Å². The first-order valence-electron chi connectivity index (χ1n) is 13.5. The quantitative estimate of drug-likeness (QED) is 0.218. The number of anilines is 1. The Labute approximate surface area is 241 Å². The molecular formula is C26H39N5O8S2. The lowest BCUT2D eigenvalue weighted by Gasteiger charge is -2.38. The second kappa shape index (κ2) is 13.7. The highest BCUT2D eigenvalue weighted by Gasteiger charge is 2.44. The van der Waals surface area contributed by atoms with Gasteiger partial charge >= 0.3 is 0 Å². The van der Waals surface area contributed by atoms with E-state index in [4.69, 9.17) is 14.2 Å². The summed E-state index contributed by atoms with van der Waals surface area (Å²) in [6.45, 7) is 2.51. The summed E-state index contributed by atoms with van der Waals surface area (Å²) >= 11 is 0. The lowest BCUT2D eigenvalue weighted by atomic mass is 9.88. The lowest BCUT2D eigenvalue weighted by molar-refractivity contribution is -0.0312. The van der Waals surface area contributed by atoms with Crippen LogP contribution in [0.3, 0.4) is 0 Å². The van der Waals surface area contributed by atoms with Gasteiger partial charge in [-0.05, 0) is 50.6 Å². The molecule has 0 amide bonds. The fourth-order valence-electron chi connectivity index (χ4n) is 4.93. The van der Waals surface area contributed by atoms with Crippen LogP contribution < -0.4 is 20.1 Å². The summed E-state index contributed by atoms with van der Waals surface area (Å²) in [7, 11) is -4.31. The van der Waals surface area contributed by atoms with Crippen LogP contribution in [0.25, 0.3) is 0 Å². The number of hydrogen-bond acceptors (Lipinski definition) is 11. The smallest absolute Gasteiger partial charge is 0.244 e. The molecule has 4 rings (SSSR count). The monoisotopic (exact) mass is 613 g/mol. The minimum absolute atomic E-state index is 0.0132. The molecule has 0 aliphatic carbocycles. The molecule has 2 atom stereocenters. The molecule has 15 heteroatoms. The molecule has 0 radical (unpaired) electrons. The number of hydrogen-bond donors (Lipinski definition) is 4. The van der Waals surface area contributed by atoms with Crippen molar-refractivity contribution < 1.29 is 36.2 Å². The molecule has 0 saturated carbocycles. The van der Waals surface area contributed by atoms with Gasteiger partial charge in [-0.1, -0.05) is 6.07 Å². The third-order valence-electron chi connectivity index (χ3n) is 7.30. The van der Waals surface area contributed by atoms with Gasteiger partial charge in [0.1, 0.15) is 29.2 Å². The maximum atomic E-state index is 13.2. The van der Waals surface area contributed by atoms with Crippen molar-refractivity contribution in [2.45, 2.75) is 46.8 Å². The second-order valence-electron chi connectivity index (χ2n) is 10.2. The summed E-state index contributed by atoms with van der Waals surface area (Å²) in [5.41, 5.74) is -0.405. The Morgan fingerprint density at radius 1 is 1.17 bits per heavy atom. The highest BCUT2D eigenvalue weighted by molar-refractivity contribution is 7.89. The summed E-state index contributed by atoms with van der Waals surface area (Å²) in [4.78, 5) is 4.45. The lowest BCUT2D eigenvalue weighted by Crippen LogP contribution is -2.47. The second-order valence-corrected chi connectivity index (χ2v) is 14.0. The van der Waals surface area contributed by atoms with Crippen molar-refractivity contribution in [1.82, 2.24) is 19.3 Å². The molecule has 4 N–H and O–H groups in total. The molecule has 2 aliphatic heterocycles. The van der Waals surface area contributed by atoms with E-state index >= 15 is 0 Å². The fraction of sp³-hybridized carbons (Fsp3) is 0.577. The van der Waals surface area contributed by atoms with E-state index in [1.165, 1.54) is 29.7 Å². The van der Waals surface area contributed by atoms with E-state index in [1.54, 1.807) is 31.4 Å². The van der Waals surface area contributed by atoms with Gasteiger partial charge < -0.3 is 30.0 Å². The summed E-state index contributed by atoms with van der Waals surface area (Å²) in [6.07, 6.45) is 2.41. The Bertz CT molecular complexity index is 1350. The van der Waals surface area contributed by atoms with Gasteiger partial charge in [0.05, 0.1) is 23.7 Å². The Morgan fingerprint density at radius 2 is 1.95 bits per heavy atom. The van der Waals surface area contributed by atoms with Crippen molar-refractivity contribution in [3.05, 3.63) is 42.6 Å². The van der Waals surface area contributed by atoms with E-state index in [1.807, 2.05) is 0 Å². The summed E-state index contributed by atoms with van der Waals surface area (Å²) in [5, 5.41) is 16.8. The van der Waals surface area contributed by atoms with E-state index in [0.717, 1.165) is 0 Å². The molecule has 2 unspecified atom stereocenters. The number of aliphatic hydroxyl groups excluding tert-OH is 1. The molecule has 0 bridgehead atoms. The zero-order chi connectivity index (χ0) is 29.5. The first-order valence-corrected chi connectivity index (χ1v) is 16.4. The standard InChI is InChI=1S/C26H39N5O8S2/c1-27-40(33,34)23-5-3-4-22(14-23)38-19-21(32)16-29-20-15-26(39-18-20)8-11-31(12-9-26)41(35,36)24-6-7-25(30-17-24)28-10-13-37-2/h3-7,14,17,20-21,27,29,32H,8-13,15-16,18-19H2,1-2H3,(H,28,30). The van der Waals surface area contributed by atoms with Crippen LogP contribution in [0.2, 0.25) is 0 Å². The van der Waals surface area contributed by atoms with Gasteiger partial charge in [-0.15, -0.1) is 0 Å². The van der Waals surface area contributed by atoms with Crippen LogP contribution in [0.1, 0.15) is 19.3 Å². The molecule has 2 aliphatic rings. The zero-order valence-electron chi connectivity index (χ0n) is 23.3. The third kappa shape index (κ3) is 8.14. The predicted molar refractivity (Wildman–Crippen MR) is 152 cm³/mol. The molecule has 228 valence electrons. The number of aromatic nitrogens is 1. The molecule has 1 aromatic carbocycles. The average molecular weight is 614 g/mol. The van der Waals surface area contributed by atoms with Crippen molar-refractivity contribution in [1.29, 1.82) is 0 Å². The van der Waals surface area contributed by atoms with Crippen LogP contribution >= 0.6 is 0 Å². The van der Waals surface area contributed by atoms with Crippen molar-refractivity contribution in [2.24, 2.45) is 0 Å². The molecule has 1 spiro atoms. The van der Waals surface area contributed by atoms with E-state index < -0.39 is 31.8 Å². The summed E-state index contributed by atoms with van der Waals surface area (Å²) < 4.78 is 70.8. The average Bonchev–Trinajstić information content (AvgIpc) is 3.37. The molecule has 2 saturated heterocycles. The van der Waals surface area contributed by atoms with E-state index in [9.17, 15) is 21.9 Å². The van der Waals surface area contributed by atoms with Gasteiger partial charge in [0, 0.05) is 51.6 Å². The van der Waals surface area contributed by atoms with Gasteiger partial charge in [-0.25, -0.2) is 26.5 Å². The molecule has 1 aromatic heterocycles. The number of rotatable bonds is 14. The minimum atomic E-state index is -3.66. The van der Waals surface area contributed by atoms with Crippen LogP contribution in [0.4, 0.5) is 5.82 Å². The van der Waals surface area contributed by atoms with E-state index in [2.05, 4.69) is 20.3 Å². The molecule has 2 fully saturated rings. The Balaban J connectivity index is 1.21. The number of ether oxygens (including phenoxy) is 3. The van der Waals surface area contributed by atoms with Crippen molar-refractivity contribution in [2.75, 3.05) is 65.5 Å². The van der Waals surface area contributed by atoms with Crippen molar-refractivity contribution in [3.8, 4) is 5.75 Å². The van der Waals surface area contributed by atoms with Crippen LogP contribution in [0.15, 0.2) is 52.4 Å². The maximum absolute atomic E-state index is 13.2. The first-order chi connectivity index (χ1) is 19.6. The number of benzene rings is 1. The first kappa shape index (κ1) is 31.6. The Morgan fingerprint density at radius 3 is 2.63 bits per heavy atom.